The van der Waals surface area contributed by atoms with Crippen molar-refractivity contribution in [3.63, 3.8) is 0 Å². The van der Waals surface area contributed by atoms with E-state index in [1.807, 2.05) is 12.3 Å². The Kier molecular flexibility index (Phi) is 8.89. The minimum atomic E-state index is -2.52. The third-order valence-corrected chi connectivity index (χ3v) is 6.31. The highest BCUT2D eigenvalue weighted by Gasteiger charge is 2.11. The van der Waals surface area contributed by atoms with E-state index >= 15 is 0 Å². The predicted molar refractivity (Wildman–Crippen MR) is 138 cm³/mol. The van der Waals surface area contributed by atoms with Crippen molar-refractivity contribution in [2.45, 2.75) is 32.2 Å². The van der Waals surface area contributed by atoms with E-state index in [1.165, 1.54) is 22.3 Å². The predicted octanol–water partition coefficient (Wildman–Crippen LogP) is 6.22. The van der Waals surface area contributed by atoms with Gasteiger partial charge in [0.1, 0.15) is 6.61 Å². The van der Waals surface area contributed by atoms with E-state index in [2.05, 4.69) is 83.1 Å². The molecule has 5 nitrogen and oxygen atoms in total. The van der Waals surface area contributed by atoms with Crippen molar-refractivity contribution in [1.82, 2.24) is 10.3 Å². The van der Waals surface area contributed by atoms with Gasteiger partial charge in [-0.2, -0.15) is 0 Å². The summed E-state index contributed by atoms with van der Waals surface area (Å²) in [4.78, 5) is 13.3. The quantitative estimate of drug-likeness (QED) is 0.189. The second-order valence-corrected chi connectivity index (χ2v) is 9.04. The fourth-order valence-electron chi connectivity index (χ4n) is 4.18. The molecule has 0 saturated carbocycles. The second kappa shape index (κ2) is 12.5. The summed E-state index contributed by atoms with van der Waals surface area (Å²) in [5, 5.41) is 4.51. The minimum absolute atomic E-state index is 0.263. The van der Waals surface area contributed by atoms with Crippen LogP contribution in [0.15, 0.2) is 85.1 Å². The highest BCUT2D eigenvalue weighted by atomic mass is 31.1. The Labute approximate surface area is 201 Å². The average Bonchev–Trinajstić information content (AvgIpc) is 2.87. The molecule has 6 heteroatoms. The molecule has 0 spiro atoms. The van der Waals surface area contributed by atoms with Gasteiger partial charge in [0.25, 0.3) is 0 Å². The maximum atomic E-state index is 10.6. The molecule has 0 radical (unpaired) electrons. The van der Waals surface area contributed by atoms with Gasteiger partial charge in [-0.15, -0.1) is 9.42 Å². The highest BCUT2D eigenvalue weighted by molar-refractivity contribution is 7.32. The number of nitrogens with one attached hydrogen (secondary N) is 1. The molecule has 0 saturated heterocycles. The van der Waals surface area contributed by atoms with Crippen LogP contribution in [-0.4, -0.2) is 23.0 Å². The van der Waals surface area contributed by atoms with Gasteiger partial charge in [0, 0.05) is 22.7 Å². The molecule has 1 aromatic heterocycles. The van der Waals surface area contributed by atoms with Crippen LogP contribution < -0.4 is 5.32 Å². The third kappa shape index (κ3) is 6.78. The Morgan fingerprint density at radius 2 is 1.62 bits per heavy atom. The van der Waals surface area contributed by atoms with Crippen molar-refractivity contribution >= 4 is 19.2 Å². The summed E-state index contributed by atoms with van der Waals surface area (Å²) in [5.41, 5.74) is 7.25. The molecule has 2 N–H and O–H groups in total. The molecular weight excluding hydrogens is 443 g/mol. The molecule has 4 rings (SSSR count). The molecule has 0 amide bonds. The summed E-state index contributed by atoms with van der Waals surface area (Å²) in [6.07, 6.45) is 5.81. The van der Waals surface area contributed by atoms with E-state index in [1.54, 1.807) is 0 Å². The van der Waals surface area contributed by atoms with Crippen LogP contribution in [0.25, 0.3) is 22.0 Å². The molecule has 3 aromatic carbocycles. The smallest absolute Gasteiger partial charge is 0.313 e. The first kappa shape index (κ1) is 24.2. The van der Waals surface area contributed by atoms with E-state index < -0.39 is 8.25 Å². The lowest BCUT2D eigenvalue weighted by atomic mass is 9.96. The van der Waals surface area contributed by atoms with Crippen LogP contribution in [0.5, 0.6) is 0 Å². The van der Waals surface area contributed by atoms with Gasteiger partial charge in [-0.05, 0) is 66.1 Å². The van der Waals surface area contributed by atoms with Crippen molar-refractivity contribution in [2.75, 3.05) is 13.2 Å². The normalized spacial score (nSPS) is 11.6. The third-order valence-electron chi connectivity index (χ3n) is 5.91. The Morgan fingerprint density at radius 3 is 2.38 bits per heavy atom. The molecule has 1 atom stereocenters. The number of aromatic nitrogens is 1. The molecule has 4 aromatic rings. The maximum Gasteiger partial charge on any atom is 0.694 e. The Hall–Kier alpha value is -2.95. The second-order valence-electron chi connectivity index (χ2n) is 8.31. The number of pyridine rings is 1. The van der Waals surface area contributed by atoms with Gasteiger partial charge in [0.05, 0.1) is 5.52 Å². The molecule has 0 aliphatic heterocycles. The summed E-state index contributed by atoms with van der Waals surface area (Å²) >= 11 is 0. The summed E-state index contributed by atoms with van der Waals surface area (Å²) in [6.45, 7) is 1.64. The van der Waals surface area contributed by atoms with Gasteiger partial charge in [-0.25, -0.2) is 0 Å². The highest BCUT2D eigenvalue weighted by Crippen LogP contribution is 2.30. The first-order chi connectivity index (χ1) is 16.7. The lowest BCUT2D eigenvalue weighted by Gasteiger charge is -2.12. The van der Waals surface area contributed by atoms with Crippen LogP contribution in [-0.2, 0) is 28.5 Å². The maximum absolute atomic E-state index is 10.6. The van der Waals surface area contributed by atoms with Crippen LogP contribution in [0.3, 0.4) is 0 Å². The SMILES string of the molecule is O=[P+](O)OCCCNCc1ccc(-c2ccc(CCCc3ccccc3)cc2)c2cccnc12. The van der Waals surface area contributed by atoms with Crippen LogP contribution in [0.2, 0.25) is 0 Å². The van der Waals surface area contributed by atoms with E-state index in [-0.39, 0.29) is 6.61 Å². The van der Waals surface area contributed by atoms with Gasteiger partial charge < -0.3 is 5.32 Å². The zero-order valence-electron chi connectivity index (χ0n) is 19.2. The first-order valence-corrected chi connectivity index (χ1v) is 12.8. The first-order valence-electron chi connectivity index (χ1n) is 11.7. The largest absolute Gasteiger partial charge is 0.694 e. The van der Waals surface area contributed by atoms with Crippen LogP contribution in [0.1, 0.15) is 29.5 Å². The van der Waals surface area contributed by atoms with Gasteiger partial charge in [0.2, 0.25) is 0 Å². The fourth-order valence-corrected chi connectivity index (χ4v) is 4.47. The number of hydrogen-bond donors (Lipinski definition) is 2. The molecular formula is C28H30N2O3P+. The van der Waals surface area contributed by atoms with Crippen LogP contribution in [0, 0.1) is 0 Å². The topological polar surface area (TPSA) is 71.5 Å². The van der Waals surface area contributed by atoms with E-state index in [0.29, 0.717) is 19.5 Å². The number of hydrogen-bond acceptors (Lipinski definition) is 4. The number of benzene rings is 3. The minimum Gasteiger partial charge on any atom is -0.313 e. The van der Waals surface area contributed by atoms with Gasteiger partial charge in [-0.3, -0.25) is 4.98 Å². The summed E-state index contributed by atoms with van der Waals surface area (Å²) in [6, 6.07) is 28.0. The van der Waals surface area contributed by atoms with E-state index in [0.717, 1.165) is 35.7 Å². The summed E-state index contributed by atoms with van der Waals surface area (Å²) in [5.74, 6) is 0. The van der Waals surface area contributed by atoms with Crippen molar-refractivity contribution < 1.29 is 14.0 Å². The number of fused-ring (bicyclic) bond motifs is 1. The number of aryl methyl sites for hydroxylation is 2. The molecule has 0 bridgehead atoms. The fraction of sp³-hybridized carbons (Fsp3) is 0.250. The average molecular weight is 474 g/mol. The van der Waals surface area contributed by atoms with E-state index in [4.69, 9.17) is 9.42 Å². The van der Waals surface area contributed by atoms with Gasteiger partial charge in [-0.1, -0.05) is 72.8 Å². The molecule has 0 aliphatic carbocycles. The van der Waals surface area contributed by atoms with Crippen molar-refractivity contribution in [2.24, 2.45) is 0 Å². The molecule has 0 aliphatic rings. The standard InChI is InChI=1S/C28H29N2O3P/c31-34(32)33-20-6-18-29-21-25-16-17-26(27-11-5-19-30-28(25)27)24-14-12-23(13-15-24)10-4-9-22-7-2-1-3-8-22/h1-3,5,7-8,11-17,19,29H,4,6,9-10,18,20-21H2/p+1. The Balaban J connectivity index is 1.39. The molecule has 34 heavy (non-hydrogen) atoms. The monoisotopic (exact) mass is 473 g/mol. The number of rotatable bonds is 12. The van der Waals surface area contributed by atoms with Crippen LogP contribution >= 0.6 is 8.25 Å². The molecule has 0 fully saturated rings. The molecule has 1 unspecified atom stereocenters. The van der Waals surface area contributed by atoms with E-state index in [9.17, 15) is 4.57 Å². The summed E-state index contributed by atoms with van der Waals surface area (Å²) < 4.78 is 15.3. The lowest BCUT2D eigenvalue weighted by molar-refractivity contribution is 0.276. The zero-order valence-corrected chi connectivity index (χ0v) is 20.1. The van der Waals surface area contributed by atoms with Gasteiger partial charge in [0.15, 0.2) is 0 Å². The molecule has 1 heterocycles. The van der Waals surface area contributed by atoms with Crippen molar-refractivity contribution in [3.8, 4) is 11.1 Å². The van der Waals surface area contributed by atoms with Crippen molar-refractivity contribution in [1.29, 1.82) is 0 Å². The zero-order chi connectivity index (χ0) is 23.6. The van der Waals surface area contributed by atoms with Crippen LogP contribution in [0.4, 0.5) is 0 Å². The Bertz CT molecular complexity index is 1210. The number of nitrogens with zero attached hydrogens (tertiary/aromatic N) is 1. The molecule has 174 valence electrons. The van der Waals surface area contributed by atoms with Gasteiger partial charge >= 0.3 is 8.25 Å². The lowest BCUT2D eigenvalue weighted by Crippen LogP contribution is -2.16. The van der Waals surface area contributed by atoms with Crippen molar-refractivity contribution in [3.05, 3.63) is 102 Å². The summed E-state index contributed by atoms with van der Waals surface area (Å²) in [7, 11) is -2.52. The Morgan fingerprint density at radius 1 is 0.853 bits per heavy atom.